The molecule has 1 amide bonds. The van der Waals surface area contributed by atoms with E-state index in [4.69, 9.17) is 4.74 Å². The standard InChI is InChI=1S/C17H21N3O2S/c1-22-15-8-4-7-14(11-15)20-10-9-18-17(20)23-12-16(21)19-13-5-2-3-6-13/h4,7-11,13H,2-3,5-6,12H2,1H3,(H,19,21). The highest BCUT2D eigenvalue weighted by Crippen LogP contribution is 2.23. The fourth-order valence-corrected chi connectivity index (χ4v) is 3.61. The van der Waals surface area contributed by atoms with Crippen LogP contribution in [0.3, 0.4) is 0 Å². The number of carbonyl (C=O) groups is 1. The van der Waals surface area contributed by atoms with E-state index in [1.807, 2.05) is 35.0 Å². The van der Waals surface area contributed by atoms with Gasteiger partial charge in [-0.15, -0.1) is 0 Å². The van der Waals surface area contributed by atoms with Crippen molar-refractivity contribution in [1.82, 2.24) is 14.9 Å². The molecule has 23 heavy (non-hydrogen) atoms. The van der Waals surface area contributed by atoms with E-state index < -0.39 is 0 Å². The van der Waals surface area contributed by atoms with Crippen LogP contribution in [0.5, 0.6) is 5.75 Å². The molecule has 2 aromatic rings. The van der Waals surface area contributed by atoms with Crippen LogP contribution in [0.25, 0.3) is 5.69 Å². The molecular weight excluding hydrogens is 310 g/mol. The minimum absolute atomic E-state index is 0.0853. The quantitative estimate of drug-likeness (QED) is 0.827. The number of hydrogen-bond acceptors (Lipinski definition) is 4. The predicted molar refractivity (Wildman–Crippen MR) is 91.2 cm³/mol. The van der Waals surface area contributed by atoms with Crippen molar-refractivity contribution in [2.75, 3.05) is 12.9 Å². The lowest BCUT2D eigenvalue weighted by molar-refractivity contribution is -0.119. The van der Waals surface area contributed by atoms with Crippen LogP contribution in [0, 0.1) is 0 Å². The topological polar surface area (TPSA) is 56.2 Å². The summed E-state index contributed by atoms with van der Waals surface area (Å²) in [6.45, 7) is 0. The van der Waals surface area contributed by atoms with Crippen LogP contribution in [-0.2, 0) is 4.79 Å². The van der Waals surface area contributed by atoms with Crippen LogP contribution in [-0.4, -0.2) is 34.4 Å². The molecule has 0 spiro atoms. The van der Waals surface area contributed by atoms with Gasteiger partial charge in [0.25, 0.3) is 0 Å². The number of hydrogen-bond donors (Lipinski definition) is 1. The second kappa shape index (κ2) is 7.55. The van der Waals surface area contributed by atoms with Crippen molar-refractivity contribution in [3.63, 3.8) is 0 Å². The van der Waals surface area contributed by atoms with Crippen molar-refractivity contribution in [3.8, 4) is 11.4 Å². The van der Waals surface area contributed by atoms with Gasteiger partial charge in [-0.25, -0.2) is 4.98 Å². The van der Waals surface area contributed by atoms with E-state index in [0.29, 0.717) is 11.8 Å². The fourth-order valence-electron chi connectivity index (χ4n) is 2.82. The number of amides is 1. The number of rotatable bonds is 6. The number of thioether (sulfide) groups is 1. The summed E-state index contributed by atoms with van der Waals surface area (Å²) in [5.41, 5.74) is 0.973. The molecule has 0 unspecified atom stereocenters. The summed E-state index contributed by atoms with van der Waals surface area (Å²) >= 11 is 1.45. The highest BCUT2D eigenvalue weighted by Gasteiger charge is 2.17. The Balaban J connectivity index is 1.62. The van der Waals surface area contributed by atoms with E-state index in [-0.39, 0.29) is 5.91 Å². The van der Waals surface area contributed by atoms with Gasteiger partial charge in [0.15, 0.2) is 5.16 Å². The Hall–Kier alpha value is -1.95. The van der Waals surface area contributed by atoms with E-state index in [1.165, 1.54) is 24.6 Å². The third-order valence-corrected chi connectivity index (χ3v) is 4.96. The van der Waals surface area contributed by atoms with Crippen LogP contribution in [0.15, 0.2) is 41.8 Å². The van der Waals surface area contributed by atoms with Gasteiger partial charge >= 0.3 is 0 Å². The Bertz CT molecular complexity index is 665. The van der Waals surface area contributed by atoms with Gasteiger partial charge in [-0.3, -0.25) is 9.36 Å². The van der Waals surface area contributed by atoms with Crippen molar-refractivity contribution in [2.24, 2.45) is 0 Å². The lowest BCUT2D eigenvalue weighted by Crippen LogP contribution is -2.33. The molecule has 0 radical (unpaired) electrons. The molecule has 1 saturated carbocycles. The van der Waals surface area contributed by atoms with Crippen LogP contribution < -0.4 is 10.1 Å². The molecule has 5 nitrogen and oxygen atoms in total. The number of nitrogens with one attached hydrogen (secondary N) is 1. The fraction of sp³-hybridized carbons (Fsp3) is 0.412. The first-order valence-electron chi connectivity index (χ1n) is 7.86. The van der Waals surface area contributed by atoms with Gasteiger partial charge in [0.1, 0.15) is 5.75 Å². The number of benzene rings is 1. The lowest BCUT2D eigenvalue weighted by Gasteiger charge is -2.12. The minimum Gasteiger partial charge on any atom is -0.497 e. The van der Waals surface area contributed by atoms with Gasteiger partial charge in [0.05, 0.1) is 18.6 Å². The van der Waals surface area contributed by atoms with Crippen molar-refractivity contribution in [2.45, 2.75) is 36.9 Å². The molecule has 0 atom stereocenters. The van der Waals surface area contributed by atoms with Gasteiger partial charge in [-0.1, -0.05) is 30.7 Å². The van der Waals surface area contributed by atoms with E-state index in [1.54, 1.807) is 13.3 Å². The maximum atomic E-state index is 12.1. The highest BCUT2D eigenvalue weighted by molar-refractivity contribution is 7.99. The van der Waals surface area contributed by atoms with Crippen molar-refractivity contribution >= 4 is 17.7 Å². The number of ether oxygens (including phenoxy) is 1. The molecule has 1 fully saturated rings. The first-order chi connectivity index (χ1) is 11.3. The Kier molecular flexibility index (Phi) is 5.23. The molecule has 1 aliphatic rings. The van der Waals surface area contributed by atoms with Crippen LogP contribution >= 0.6 is 11.8 Å². The zero-order valence-corrected chi connectivity index (χ0v) is 14.0. The maximum absolute atomic E-state index is 12.1. The number of carbonyl (C=O) groups excluding carboxylic acids is 1. The van der Waals surface area contributed by atoms with E-state index in [2.05, 4.69) is 10.3 Å². The summed E-state index contributed by atoms with van der Waals surface area (Å²) < 4.78 is 7.23. The summed E-state index contributed by atoms with van der Waals surface area (Å²) in [5, 5.41) is 3.91. The second-order valence-corrected chi connectivity index (χ2v) is 6.56. The number of aromatic nitrogens is 2. The maximum Gasteiger partial charge on any atom is 0.230 e. The lowest BCUT2D eigenvalue weighted by atomic mass is 10.2. The van der Waals surface area contributed by atoms with Crippen molar-refractivity contribution < 1.29 is 9.53 Å². The second-order valence-electron chi connectivity index (χ2n) is 5.62. The van der Waals surface area contributed by atoms with Gasteiger partial charge in [-0.05, 0) is 25.0 Å². The Morgan fingerprint density at radius 1 is 1.43 bits per heavy atom. The highest BCUT2D eigenvalue weighted by atomic mass is 32.2. The van der Waals surface area contributed by atoms with E-state index in [0.717, 1.165) is 29.4 Å². The predicted octanol–water partition coefficient (Wildman–Crippen LogP) is 3.03. The van der Waals surface area contributed by atoms with E-state index >= 15 is 0 Å². The smallest absolute Gasteiger partial charge is 0.230 e. The summed E-state index contributed by atoms with van der Waals surface area (Å²) in [4.78, 5) is 16.4. The van der Waals surface area contributed by atoms with E-state index in [9.17, 15) is 4.79 Å². The zero-order valence-electron chi connectivity index (χ0n) is 13.2. The van der Waals surface area contributed by atoms with Gasteiger partial charge in [0.2, 0.25) is 5.91 Å². The van der Waals surface area contributed by atoms with Crippen molar-refractivity contribution in [1.29, 1.82) is 0 Å². The molecule has 1 aromatic carbocycles. The molecule has 1 heterocycles. The Morgan fingerprint density at radius 3 is 3.04 bits per heavy atom. The van der Waals surface area contributed by atoms with Crippen LogP contribution in [0.2, 0.25) is 0 Å². The normalized spacial score (nSPS) is 14.8. The average molecular weight is 331 g/mol. The summed E-state index contributed by atoms with van der Waals surface area (Å²) in [6, 6.07) is 8.15. The third-order valence-electron chi connectivity index (χ3n) is 3.99. The molecule has 0 saturated heterocycles. The molecular formula is C17H21N3O2S. The SMILES string of the molecule is COc1cccc(-n2ccnc2SCC(=O)NC2CCCC2)c1. The molecule has 122 valence electrons. The molecule has 1 aliphatic carbocycles. The molecule has 6 heteroatoms. The van der Waals surface area contributed by atoms with Crippen LogP contribution in [0.4, 0.5) is 0 Å². The first-order valence-corrected chi connectivity index (χ1v) is 8.85. The summed E-state index contributed by atoms with van der Waals surface area (Å²) in [6.07, 6.45) is 8.29. The molecule has 1 aromatic heterocycles. The number of imidazole rings is 1. The van der Waals surface area contributed by atoms with Crippen LogP contribution in [0.1, 0.15) is 25.7 Å². The first kappa shape index (κ1) is 15.9. The van der Waals surface area contributed by atoms with Gasteiger partial charge < -0.3 is 10.1 Å². The summed E-state index contributed by atoms with van der Waals surface area (Å²) in [7, 11) is 1.65. The molecule has 0 aliphatic heterocycles. The molecule has 3 rings (SSSR count). The zero-order chi connectivity index (χ0) is 16.1. The number of methoxy groups -OCH3 is 1. The largest absolute Gasteiger partial charge is 0.497 e. The molecule has 0 bridgehead atoms. The van der Waals surface area contributed by atoms with Gasteiger partial charge in [0, 0.05) is 24.5 Å². The van der Waals surface area contributed by atoms with Crippen molar-refractivity contribution in [3.05, 3.63) is 36.7 Å². The minimum atomic E-state index is 0.0853. The Labute approximate surface area is 140 Å². The Morgan fingerprint density at radius 2 is 2.26 bits per heavy atom. The average Bonchev–Trinajstić information content (AvgIpc) is 3.24. The summed E-state index contributed by atoms with van der Waals surface area (Å²) in [5.74, 6) is 1.27. The molecule has 1 N–H and O–H groups in total. The monoisotopic (exact) mass is 331 g/mol. The van der Waals surface area contributed by atoms with Gasteiger partial charge in [-0.2, -0.15) is 0 Å². The number of nitrogens with zero attached hydrogens (tertiary/aromatic N) is 2. The third kappa shape index (κ3) is 4.07.